The fourth-order valence-corrected chi connectivity index (χ4v) is 4.36. The minimum atomic E-state index is -3.81. The average molecular weight is 385 g/mol. The molecule has 0 saturated heterocycles. The molecule has 2 aromatic rings. The molecule has 0 fully saturated rings. The normalized spacial score (nSPS) is 11.7. The highest BCUT2D eigenvalue weighted by atomic mass is 79.9. The zero-order chi connectivity index (χ0) is 14.0. The van der Waals surface area contributed by atoms with Gasteiger partial charge in [0.25, 0.3) is 0 Å². The van der Waals surface area contributed by atoms with E-state index >= 15 is 0 Å². The van der Waals surface area contributed by atoms with Crippen LogP contribution in [0.25, 0.3) is 0 Å². The smallest absolute Gasteiger partial charge is 0.243 e. The molecule has 0 aliphatic heterocycles. The summed E-state index contributed by atoms with van der Waals surface area (Å²) in [6.07, 6.45) is 1.46. The number of hydrogen-bond donors (Lipinski definition) is 1. The second kappa shape index (κ2) is 5.85. The van der Waals surface area contributed by atoms with Gasteiger partial charge in [0.2, 0.25) is 10.0 Å². The molecule has 0 atom stereocenters. The predicted octanol–water partition coefficient (Wildman–Crippen LogP) is 3.83. The van der Waals surface area contributed by atoms with Crippen LogP contribution in [0.3, 0.4) is 0 Å². The van der Waals surface area contributed by atoms with E-state index in [4.69, 9.17) is 27.6 Å². The molecule has 1 aromatic carbocycles. The largest absolute Gasteiger partial charge is 0.468 e. The third-order valence-corrected chi connectivity index (χ3v) is 5.03. The first kappa shape index (κ1) is 14.9. The van der Waals surface area contributed by atoms with Gasteiger partial charge in [-0.2, -0.15) is 0 Å². The van der Waals surface area contributed by atoms with E-state index in [1.165, 1.54) is 18.4 Å². The van der Waals surface area contributed by atoms with Gasteiger partial charge in [-0.15, -0.1) is 0 Å². The summed E-state index contributed by atoms with van der Waals surface area (Å²) in [5.41, 5.74) is 0. The average Bonchev–Trinajstić information content (AvgIpc) is 2.77. The van der Waals surface area contributed by atoms with Crippen LogP contribution in [0.15, 0.2) is 44.3 Å². The van der Waals surface area contributed by atoms with Crippen molar-refractivity contribution in [2.75, 3.05) is 0 Å². The maximum Gasteiger partial charge on any atom is 0.243 e. The van der Waals surface area contributed by atoms with Crippen molar-refractivity contribution < 1.29 is 12.8 Å². The Labute approximate surface area is 128 Å². The highest BCUT2D eigenvalue weighted by Gasteiger charge is 2.22. The summed E-state index contributed by atoms with van der Waals surface area (Å²) in [7, 11) is -3.81. The van der Waals surface area contributed by atoms with Gasteiger partial charge < -0.3 is 4.42 Å². The Morgan fingerprint density at radius 1 is 1.26 bits per heavy atom. The molecule has 0 bridgehead atoms. The monoisotopic (exact) mass is 383 g/mol. The minimum Gasteiger partial charge on any atom is -0.468 e. The van der Waals surface area contributed by atoms with Crippen LogP contribution >= 0.6 is 39.1 Å². The van der Waals surface area contributed by atoms with Gasteiger partial charge in [0.1, 0.15) is 10.7 Å². The molecule has 0 radical (unpaired) electrons. The third-order valence-electron chi connectivity index (χ3n) is 2.25. The highest BCUT2D eigenvalue weighted by molar-refractivity contribution is 9.10. The lowest BCUT2D eigenvalue weighted by molar-refractivity contribution is 0.498. The Hall–Kier alpha value is -0.530. The Balaban J connectivity index is 2.29. The molecule has 0 amide bonds. The van der Waals surface area contributed by atoms with Gasteiger partial charge in [-0.05, 0) is 24.3 Å². The van der Waals surface area contributed by atoms with Gasteiger partial charge in [-0.25, -0.2) is 13.1 Å². The number of hydrogen-bond acceptors (Lipinski definition) is 3. The molecule has 0 aliphatic carbocycles. The number of furan rings is 1. The SMILES string of the molecule is O=S(=O)(NCc1ccco1)c1c(Cl)cc(Br)cc1Cl. The Kier molecular flexibility index (Phi) is 4.58. The molecule has 0 aliphatic rings. The summed E-state index contributed by atoms with van der Waals surface area (Å²) in [5, 5.41) is 0.0950. The second-order valence-electron chi connectivity index (χ2n) is 3.60. The predicted molar refractivity (Wildman–Crippen MR) is 76.9 cm³/mol. The van der Waals surface area contributed by atoms with Gasteiger partial charge in [0.05, 0.1) is 22.9 Å². The van der Waals surface area contributed by atoms with E-state index in [0.29, 0.717) is 10.2 Å². The van der Waals surface area contributed by atoms with Crippen molar-refractivity contribution in [3.05, 3.63) is 50.8 Å². The molecule has 1 N–H and O–H groups in total. The lowest BCUT2D eigenvalue weighted by atomic mass is 10.4. The van der Waals surface area contributed by atoms with Crippen molar-refractivity contribution in [1.29, 1.82) is 0 Å². The molecule has 4 nitrogen and oxygen atoms in total. The van der Waals surface area contributed by atoms with Crippen LogP contribution in [0.4, 0.5) is 0 Å². The Morgan fingerprint density at radius 3 is 2.42 bits per heavy atom. The van der Waals surface area contributed by atoms with Crippen LogP contribution < -0.4 is 4.72 Å². The zero-order valence-corrected chi connectivity index (χ0v) is 13.3. The van der Waals surface area contributed by atoms with Crippen LogP contribution in [0.5, 0.6) is 0 Å². The van der Waals surface area contributed by atoms with Gasteiger partial charge >= 0.3 is 0 Å². The standard InChI is InChI=1S/C11H8BrCl2NO3S/c12-7-4-9(13)11(10(14)5-7)19(16,17)15-6-8-2-1-3-18-8/h1-5,15H,6H2. The van der Waals surface area contributed by atoms with Crippen LogP contribution in [-0.4, -0.2) is 8.42 Å². The van der Waals surface area contributed by atoms with E-state index in [1.54, 1.807) is 12.1 Å². The second-order valence-corrected chi connectivity index (χ2v) is 7.04. The van der Waals surface area contributed by atoms with Crippen molar-refractivity contribution in [2.24, 2.45) is 0 Å². The molecule has 8 heteroatoms. The van der Waals surface area contributed by atoms with E-state index in [2.05, 4.69) is 20.7 Å². The van der Waals surface area contributed by atoms with Crippen LogP contribution in [-0.2, 0) is 16.6 Å². The van der Waals surface area contributed by atoms with E-state index in [-0.39, 0.29) is 21.5 Å². The van der Waals surface area contributed by atoms with Crippen molar-refractivity contribution in [3.63, 3.8) is 0 Å². The molecule has 1 aromatic heterocycles. The number of sulfonamides is 1. The number of nitrogens with one attached hydrogen (secondary N) is 1. The number of halogens is 3. The van der Waals surface area contributed by atoms with Gasteiger partial charge in [-0.1, -0.05) is 39.1 Å². The summed E-state index contributed by atoms with van der Waals surface area (Å²) in [6.45, 7) is 0.0258. The maximum atomic E-state index is 12.1. The fourth-order valence-electron chi connectivity index (χ4n) is 1.44. The first-order valence-corrected chi connectivity index (χ1v) is 8.10. The lowest BCUT2D eigenvalue weighted by Gasteiger charge is -2.09. The third kappa shape index (κ3) is 3.52. The number of rotatable bonds is 4. The molecule has 19 heavy (non-hydrogen) atoms. The molecular formula is C11H8BrCl2NO3S. The van der Waals surface area contributed by atoms with E-state index in [9.17, 15) is 8.42 Å². The highest BCUT2D eigenvalue weighted by Crippen LogP contribution is 2.32. The first-order chi connectivity index (χ1) is 8.90. The summed E-state index contributed by atoms with van der Waals surface area (Å²) in [6, 6.07) is 6.26. The molecule has 102 valence electrons. The minimum absolute atomic E-state index is 0.0258. The topological polar surface area (TPSA) is 59.3 Å². The summed E-state index contributed by atoms with van der Waals surface area (Å²) in [5.74, 6) is 0.493. The van der Waals surface area contributed by atoms with Crippen molar-refractivity contribution in [3.8, 4) is 0 Å². The van der Waals surface area contributed by atoms with E-state index in [1.807, 2.05) is 0 Å². The maximum absolute atomic E-state index is 12.1. The van der Waals surface area contributed by atoms with Crippen LogP contribution in [0, 0.1) is 0 Å². The molecular weight excluding hydrogens is 377 g/mol. The van der Waals surface area contributed by atoms with Gasteiger partial charge in [-0.3, -0.25) is 0 Å². The molecule has 1 heterocycles. The molecule has 0 spiro atoms. The lowest BCUT2D eigenvalue weighted by Crippen LogP contribution is -2.23. The van der Waals surface area contributed by atoms with Crippen LogP contribution in [0.2, 0.25) is 10.0 Å². The Morgan fingerprint density at radius 2 is 1.89 bits per heavy atom. The van der Waals surface area contributed by atoms with Crippen LogP contribution in [0.1, 0.15) is 5.76 Å². The Bertz CT molecular complexity index is 663. The van der Waals surface area contributed by atoms with E-state index in [0.717, 1.165) is 0 Å². The first-order valence-electron chi connectivity index (χ1n) is 5.07. The van der Waals surface area contributed by atoms with Crippen molar-refractivity contribution in [1.82, 2.24) is 4.72 Å². The summed E-state index contributed by atoms with van der Waals surface area (Å²) < 4.78 is 32.3. The molecule has 0 saturated carbocycles. The fraction of sp³-hybridized carbons (Fsp3) is 0.0909. The quantitative estimate of drug-likeness (QED) is 0.871. The molecule has 0 unspecified atom stereocenters. The zero-order valence-electron chi connectivity index (χ0n) is 9.36. The van der Waals surface area contributed by atoms with Gasteiger partial charge in [0.15, 0.2) is 0 Å². The van der Waals surface area contributed by atoms with Crippen molar-refractivity contribution in [2.45, 2.75) is 11.4 Å². The van der Waals surface area contributed by atoms with E-state index < -0.39 is 10.0 Å². The van der Waals surface area contributed by atoms with Gasteiger partial charge in [0, 0.05) is 4.47 Å². The van der Waals surface area contributed by atoms with Crippen molar-refractivity contribution >= 4 is 49.2 Å². The summed E-state index contributed by atoms with van der Waals surface area (Å²) >= 11 is 15.0. The summed E-state index contributed by atoms with van der Waals surface area (Å²) in [4.78, 5) is -0.148. The number of benzene rings is 1. The molecule has 2 rings (SSSR count).